The van der Waals surface area contributed by atoms with Crippen LogP contribution in [0.3, 0.4) is 0 Å². The zero-order valence-corrected chi connectivity index (χ0v) is 10.5. The van der Waals surface area contributed by atoms with Crippen LogP contribution in [0.15, 0.2) is 60.7 Å². The second-order valence-electron chi connectivity index (χ2n) is 4.14. The largest absolute Gasteiger partial charge is 0.385 e. The van der Waals surface area contributed by atoms with Crippen molar-refractivity contribution in [2.45, 2.75) is 19.1 Å². The first-order chi connectivity index (χ1) is 8.83. The summed E-state index contributed by atoms with van der Waals surface area (Å²) in [5, 5.41) is 10.4. The molecule has 0 heterocycles. The average Bonchev–Trinajstić information content (AvgIpc) is 2.46. The summed E-state index contributed by atoms with van der Waals surface area (Å²) in [6.45, 7) is 2.51. The zero-order chi connectivity index (χ0) is 12.8. The Bertz CT molecular complexity index is 453. The smallest absolute Gasteiger partial charge is 0.112 e. The molecule has 0 aromatic heterocycles. The van der Waals surface area contributed by atoms with Crippen LogP contribution in [0.4, 0.5) is 0 Å². The van der Waals surface area contributed by atoms with Gasteiger partial charge in [0, 0.05) is 6.61 Å². The fourth-order valence-corrected chi connectivity index (χ4v) is 2.02. The Hall–Kier alpha value is -1.64. The number of aliphatic hydroxyl groups is 1. The highest BCUT2D eigenvalue weighted by atomic mass is 16.5. The molecule has 2 rings (SSSR count). The van der Waals surface area contributed by atoms with Crippen molar-refractivity contribution in [2.75, 3.05) is 6.61 Å². The van der Waals surface area contributed by atoms with E-state index in [0.717, 1.165) is 11.1 Å². The van der Waals surface area contributed by atoms with Gasteiger partial charge in [-0.15, -0.1) is 0 Å². The molecule has 1 N–H and O–H groups in total. The van der Waals surface area contributed by atoms with Crippen molar-refractivity contribution < 1.29 is 9.84 Å². The lowest BCUT2D eigenvalue weighted by Gasteiger charge is -2.23. The van der Waals surface area contributed by atoms with E-state index in [9.17, 15) is 5.11 Å². The third kappa shape index (κ3) is 2.97. The topological polar surface area (TPSA) is 29.5 Å². The van der Waals surface area contributed by atoms with Gasteiger partial charge in [-0.25, -0.2) is 0 Å². The molecule has 0 aliphatic carbocycles. The van der Waals surface area contributed by atoms with Crippen molar-refractivity contribution in [3.63, 3.8) is 0 Å². The van der Waals surface area contributed by atoms with Gasteiger partial charge in [0.15, 0.2) is 0 Å². The summed E-state index contributed by atoms with van der Waals surface area (Å²) in [6, 6.07) is 19.4. The Kier molecular flexibility index (Phi) is 4.51. The molecule has 2 nitrogen and oxygen atoms in total. The van der Waals surface area contributed by atoms with E-state index in [1.807, 2.05) is 67.6 Å². The fraction of sp³-hybridized carbons (Fsp3) is 0.250. The molecule has 0 amide bonds. The van der Waals surface area contributed by atoms with Crippen LogP contribution in [-0.4, -0.2) is 11.7 Å². The standard InChI is InChI=1S/C16H18O2/c1-2-18-16(14-11-7-4-8-12-14)15(17)13-9-5-3-6-10-13/h3-12,15-17H,2H2,1H3/t15-,16-/m0/s1. The van der Waals surface area contributed by atoms with Crippen molar-refractivity contribution >= 4 is 0 Å². The van der Waals surface area contributed by atoms with Crippen LogP contribution in [0.1, 0.15) is 30.3 Å². The minimum Gasteiger partial charge on any atom is -0.385 e. The normalized spacial score (nSPS) is 14.1. The van der Waals surface area contributed by atoms with Gasteiger partial charge in [0.1, 0.15) is 12.2 Å². The summed E-state index contributed by atoms with van der Waals surface area (Å²) in [6.07, 6.45) is -0.966. The lowest BCUT2D eigenvalue weighted by atomic mass is 9.98. The number of hydrogen-bond acceptors (Lipinski definition) is 2. The first kappa shape index (κ1) is 12.8. The molecular weight excluding hydrogens is 224 g/mol. The zero-order valence-electron chi connectivity index (χ0n) is 10.5. The van der Waals surface area contributed by atoms with E-state index in [0.29, 0.717) is 6.61 Å². The van der Waals surface area contributed by atoms with Crippen LogP contribution in [-0.2, 0) is 4.74 Å². The van der Waals surface area contributed by atoms with Gasteiger partial charge in [-0.3, -0.25) is 0 Å². The first-order valence-corrected chi connectivity index (χ1v) is 6.22. The van der Waals surface area contributed by atoms with Crippen LogP contribution < -0.4 is 0 Å². The molecule has 0 saturated heterocycles. The summed E-state index contributed by atoms with van der Waals surface area (Å²) in [5.41, 5.74) is 1.87. The summed E-state index contributed by atoms with van der Waals surface area (Å²) in [4.78, 5) is 0. The molecule has 0 aliphatic heterocycles. The number of hydrogen-bond donors (Lipinski definition) is 1. The maximum absolute atomic E-state index is 10.4. The monoisotopic (exact) mass is 242 g/mol. The van der Waals surface area contributed by atoms with E-state index >= 15 is 0 Å². The lowest BCUT2D eigenvalue weighted by molar-refractivity contribution is -0.0361. The predicted molar refractivity (Wildman–Crippen MR) is 72.2 cm³/mol. The van der Waals surface area contributed by atoms with Crippen molar-refractivity contribution in [1.82, 2.24) is 0 Å². The number of rotatable bonds is 5. The van der Waals surface area contributed by atoms with Gasteiger partial charge in [0.05, 0.1) is 0 Å². The second-order valence-corrected chi connectivity index (χ2v) is 4.14. The fourth-order valence-electron chi connectivity index (χ4n) is 2.02. The van der Waals surface area contributed by atoms with Crippen molar-refractivity contribution in [3.8, 4) is 0 Å². The van der Waals surface area contributed by atoms with Gasteiger partial charge in [0.2, 0.25) is 0 Å². The van der Waals surface area contributed by atoms with Crippen LogP contribution in [0.5, 0.6) is 0 Å². The molecule has 0 unspecified atom stereocenters. The van der Waals surface area contributed by atoms with Gasteiger partial charge in [0.25, 0.3) is 0 Å². The molecule has 2 aromatic rings. The molecule has 0 spiro atoms. The molecule has 0 radical (unpaired) electrons. The van der Waals surface area contributed by atoms with Crippen molar-refractivity contribution in [3.05, 3.63) is 71.8 Å². The van der Waals surface area contributed by atoms with Crippen molar-refractivity contribution in [2.24, 2.45) is 0 Å². The van der Waals surface area contributed by atoms with E-state index in [2.05, 4.69) is 0 Å². The molecule has 0 aliphatic rings. The van der Waals surface area contributed by atoms with Crippen molar-refractivity contribution in [1.29, 1.82) is 0 Å². The third-order valence-corrected chi connectivity index (χ3v) is 2.90. The molecule has 2 atom stereocenters. The summed E-state index contributed by atoms with van der Waals surface area (Å²) in [7, 11) is 0. The Balaban J connectivity index is 2.26. The van der Waals surface area contributed by atoms with E-state index in [-0.39, 0.29) is 6.10 Å². The van der Waals surface area contributed by atoms with Gasteiger partial charge >= 0.3 is 0 Å². The van der Waals surface area contributed by atoms with E-state index in [1.54, 1.807) is 0 Å². The Labute approximate surface area is 108 Å². The van der Waals surface area contributed by atoms with Gasteiger partial charge in [-0.2, -0.15) is 0 Å². The Morgan fingerprint density at radius 2 is 1.39 bits per heavy atom. The van der Waals surface area contributed by atoms with E-state index in [1.165, 1.54) is 0 Å². The minimum atomic E-state index is -0.645. The minimum absolute atomic E-state index is 0.321. The molecule has 94 valence electrons. The molecule has 0 fully saturated rings. The molecular formula is C16H18O2. The number of benzene rings is 2. The molecule has 0 bridgehead atoms. The van der Waals surface area contributed by atoms with Crippen LogP contribution in [0.25, 0.3) is 0 Å². The molecule has 18 heavy (non-hydrogen) atoms. The maximum atomic E-state index is 10.4. The molecule has 2 aromatic carbocycles. The molecule has 0 saturated carbocycles. The van der Waals surface area contributed by atoms with Gasteiger partial charge in [-0.05, 0) is 18.1 Å². The maximum Gasteiger partial charge on any atom is 0.112 e. The highest BCUT2D eigenvalue weighted by Gasteiger charge is 2.22. The van der Waals surface area contributed by atoms with Gasteiger partial charge in [-0.1, -0.05) is 60.7 Å². The van der Waals surface area contributed by atoms with E-state index < -0.39 is 6.10 Å². The highest BCUT2D eigenvalue weighted by Crippen LogP contribution is 2.31. The van der Waals surface area contributed by atoms with Gasteiger partial charge < -0.3 is 9.84 Å². The quantitative estimate of drug-likeness (QED) is 0.869. The van der Waals surface area contributed by atoms with Crippen LogP contribution in [0.2, 0.25) is 0 Å². The first-order valence-electron chi connectivity index (χ1n) is 6.22. The number of aliphatic hydroxyl groups excluding tert-OH is 1. The van der Waals surface area contributed by atoms with Crippen LogP contribution in [0, 0.1) is 0 Å². The predicted octanol–water partition coefficient (Wildman–Crippen LogP) is 3.50. The summed E-state index contributed by atoms with van der Waals surface area (Å²) >= 11 is 0. The highest BCUT2D eigenvalue weighted by molar-refractivity contribution is 5.24. The Morgan fingerprint density at radius 3 is 1.89 bits per heavy atom. The third-order valence-electron chi connectivity index (χ3n) is 2.90. The number of ether oxygens (including phenoxy) is 1. The lowest BCUT2D eigenvalue weighted by Crippen LogP contribution is -2.14. The Morgan fingerprint density at radius 1 is 0.889 bits per heavy atom. The average molecular weight is 242 g/mol. The second kappa shape index (κ2) is 6.34. The van der Waals surface area contributed by atoms with E-state index in [4.69, 9.17) is 4.74 Å². The summed E-state index contributed by atoms with van der Waals surface area (Å²) in [5.74, 6) is 0. The molecule has 2 heteroatoms. The SMILES string of the molecule is CCO[C@@H](c1ccccc1)[C@@H](O)c1ccccc1. The van der Waals surface area contributed by atoms with Crippen LogP contribution >= 0.6 is 0 Å². The summed E-state index contributed by atoms with van der Waals surface area (Å²) < 4.78 is 5.69.